The summed E-state index contributed by atoms with van der Waals surface area (Å²) in [6, 6.07) is 15.6. The first-order chi connectivity index (χ1) is 19.5. The molecule has 1 aromatic heterocycles. The monoisotopic (exact) mass is 611 g/mol. The van der Waals surface area contributed by atoms with E-state index in [0.29, 0.717) is 32.3 Å². The van der Waals surface area contributed by atoms with Gasteiger partial charge in [-0.2, -0.15) is 0 Å². The number of nitrogens with zero attached hydrogens (tertiary/aromatic N) is 4. The number of piperidine rings is 1. The molecule has 3 aromatic carbocycles. The maximum atomic E-state index is 13.9. The number of anilines is 4. The highest BCUT2D eigenvalue weighted by atomic mass is 35.5. The summed E-state index contributed by atoms with van der Waals surface area (Å²) in [5.74, 6) is -0.170. The SMILES string of the molecule is CC(C)(C)CN1CCC2(CC1)CN(c1ccccc1Nc1nnc(-c3cc(F)ccc3Cl)s1)c1c(O)ccc(Cl)c12. The molecule has 10 heteroatoms. The second-order valence-corrected chi connectivity index (χ2v) is 14.0. The largest absolute Gasteiger partial charge is 0.506 e. The lowest BCUT2D eigenvalue weighted by molar-refractivity contribution is 0.125. The van der Waals surface area contributed by atoms with Gasteiger partial charge in [0.15, 0.2) is 5.01 Å². The van der Waals surface area contributed by atoms with Crippen molar-refractivity contribution in [1.82, 2.24) is 15.1 Å². The summed E-state index contributed by atoms with van der Waals surface area (Å²) in [4.78, 5) is 4.72. The topological polar surface area (TPSA) is 64.5 Å². The summed E-state index contributed by atoms with van der Waals surface area (Å²) in [5, 5.41) is 25.3. The highest BCUT2D eigenvalue weighted by Gasteiger charge is 2.48. The van der Waals surface area contributed by atoms with Crippen LogP contribution < -0.4 is 10.2 Å². The number of fused-ring (bicyclic) bond motifs is 2. The molecule has 0 amide bonds. The molecule has 0 radical (unpaired) electrons. The molecule has 2 N–H and O–H groups in total. The van der Waals surface area contributed by atoms with Crippen LogP contribution in [0.3, 0.4) is 0 Å². The Morgan fingerprint density at radius 2 is 1.76 bits per heavy atom. The Hall–Kier alpha value is -2.91. The van der Waals surface area contributed by atoms with E-state index in [2.05, 4.69) is 46.1 Å². The minimum absolute atomic E-state index is 0.170. The summed E-state index contributed by atoms with van der Waals surface area (Å²) in [5.41, 5.74) is 4.07. The molecule has 0 aliphatic carbocycles. The summed E-state index contributed by atoms with van der Waals surface area (Å²) < 4.78 is 13.9. The van der Waals surface area contributed by atoms with Crippen LogP contribution >= 0.6 is 34.5 Å². The molecule has 2 aliphatic rings. The van der Waals surface area contributed by atoms with Gasteiger partial charge in [-0.1, -0.05) is 67.4 Å². The lowest BCUT2D eigenvalue weighted by Crippen LogP contribution is -2.46. The van der Waals surface area contributed by atoms with Crippen molar-refractivity contribution in [2.75, 3.05) is 36.4 Å². The van der Waals surface area contributed by atoms with Gasteiger partial charge in [-0.05, 0) is 73.8 Å². The molecule has 0 unspecified atom stereocenters. The van der Waals surface area contributed by atoms with Crippen LogP contribution in [0.1, 0.15) is 39.2 Å². The zero-order chi connectivity index (χ0) is 28.9. The molecule has 1 spiro atoms. The van der Waals surface area contributed by atoms with Gasteiger partial charge in [-0.25, -0.2) is 4.39 Å². The molecule has 214 valence electrons. The average molecular weight is 613 g/mol. The fourth-order valence-corrected chi connectivity index (χ4v) is 7.59. The van der Waals surface area contributed by atoms with E-state index in [-0.39, 0.29) is 22.4 Å². The van der Waals surface area contributed by atoms with E-state index >= 15 is 0 Å². The first kappa shape index (κ1) is 28.2. The molecular formula is C31H32Cl2FN5OS. The van der Waals surface area contributed by atoms with E-state index in [0.717, 1.165) is 55.1 Å². The molecule has 2 aliphatic heterocycles. The maximum Gasteiger partial charge on any atom is 0.210 e. The number of nitrogens with one attached hydrogen (secondary N) is 1. The second-order valence-electron chi connectivity index (χ2n) is 12.2. The van der Waals surface area contributed by atoms with Gasteiger partial charge in [-0.15, -0.1) is 10.2 Å². The van der Waals surface area contributed by atoms with E-state index in [9.17, 15) is 9.50 Å². The highest BCUT2D eigenvalue weighted by Crippen LogP contribution is 2.56. The normalized spacial score (nSPS) is 16.8. The van der Waals surface area contributed by atoms with E-state index in [4.69, 9.17) is 23.2 Å². The average Bonchev–Trinajstić information content (AvgIpc) is 3.52. The third kappa shape index (κ3) is 5.50. The van der Waals surface area contributed by atoms with Gasteiger partial charge in [0, 0.05) is 34.7 Å². The van der Waals surface area contributed by atoms with Gasteiger partial charge in [0.25, 0.3) is 0 Å². The second kappa shape index (κ2) is 10.7. The van der Waals surface area contributed by atoms with Crippen LogP contribution in [0.4, 0.5) is 26.6 Å². The van der Waals surface area contributed by atoms with Crippen molar-refractivity contribution in [3.05, 3.63) is 76.0 Å². The van der Waals surface area contributed by atoms with Crippen LogP contribution in [0.15, 0.2) is 54.6 Å². The van der Waals surface area contributed by atoms with Crippen molar-refractivity contribution in [1.29, 1.82) is 0 Å². The van der Waals surface area contributed by atoms with Gasteiger partial charge in [-0.3, -0.25) is 0 Å². The molecule has 1 fully saturated rings. The fraction of sp³-hybridized carbons (Fsp3) is 0.355. The third-order valence-electron chi connectivity index (χ3n) is 7.90. The molecule has 1 saturated heterocycles. The van der Waals surface area contributed by atoms with Crippen LogP contribution in [-0.2, 0) is 5.41 Å². The molecule has 6 nitrogen and oxygen atoms in total. The molecule has 6 rings (SSSR count). The summed E-state index contributed by atoms with van der Waals surface area (Å²) in [6.07, 6.45) is 1.92. The predicted octanol–water partition coefficient (Wildman–Crippen LogP) is 8.63. The van der Waals surface area contributed by atoms with Crippen LogP contribution in [0, 0.1) is 11.2 Å². The summed E-state index contributed by atoms with van der Waals surface area (Å²) in [7, 11) is 0. The van der Waals surface area contributed by atoms with Gasteiger partial charge >= 0.3 is 0 Å². The Bertz CT molecular complexity index is 1600. The van der Waals surface area contributed by atoms with Crippen molar-refractivity contribution in [2.45, 2.75) is 39.0 Å². The highest BCUT2D eigenvalue weighted by molar-refractivity contribution is 7.18. The van der Waals surface area contributed by atoms with Crippen molar-refractivity contribution in [3.8, 4) is 16.3 Å². The Morgan fingerprint density at radius 1 is 1.02 bits per heavy atom. The number of phenolic OH excluding ortho intramolecular Hbond substituents is 1. The Balaban J connectivity index is 1.33. The number of benzene rings is 3. The summed E-state index contributed by atoms with van der Waals surface area (Å²) in [6.45, 7) is 10.5. The van der Waals surface area contributed by atoms with Crippen LogP contribution in [0.2, 0.25) is 10.0 Å². The van der Waals surface area contributed by atoms with Gasteiger partial charge in [0.1, 0.15) is 11.6 Å². The number of hydrogen-bond donors (Lipinski definition) is 2. The van der Waals surface area contributed by atoms with Gasteiger partial charge in [0.05, 0.1) is 22.1 Å². The van der Waals surface area contributed by atoms with E-state index in [1.165, 1.54) is 29.5 Å². The van der Waals surface area contributed by atoms with Crippen LogP contribution in [-0.4, -0.2) is 46.4 Å². The number of halogens is 3. The minimum Gasteiger partial charge on any atom is -0.506 e. The predicted molar refractivity (Wildman–Crippen MR) is 167 cm³/mol. The Morgan fingerprint density at radius 3 is 2.51 bits per heavy atom. The number of hydrogen-bond acceptors (Lipinski definition) is 7. The zero-order valence-electron chi connectivity index (χ0n) is 23.2. The standard InChI is InChI=1S/C31H32Cl2FN5OS/c1-30(2,3)17-38-14-12-31(13-15-38)18-39(27-25(40)11-10-22(33)26(27)31)24-7-5-4-6-23(24)35-29-37-36-28(41-29)20-16-19(34)8-9-21(20)32/h4-11,16,40H,12-15,17-18H2,1-3H3,(H,35,37). The molecule has 0 atom stereocenters. The fourth-order valence-electron chi connectivity index (χ4n) is 6.19. The Labute approximate surface area is 253 Å². The Kier molecular flexibility index (Phi) is 7.39. The lowest BCUT2D eigenvalue weighted by atomic mass is 9.74. The van der Waals surface area contributed by atoms with Crippen molar-refractivity contribution in [2.24, 2.45) is 5.41 Å². The zero-order valence-corrected chi connectivity index (χ0v) is 25.5. The molecule has 0 saturated carbocycles. The molecule has 4 aromatic rings. The lowest BCUT2D eigenvalue weighted by Gasteiger charge is -2.42. The number of phenols is 1. The van der Waals surface area contributed by atoms with Gasteiger partial charge in [0.2, 0.25) is 5.13 Å². The number of aromatic hydroxyl groups is 1. The third-order valence-corrected chi connectivity index (χ3v) is 9.41. The van der Waals surface area contributed by atoms with E-state index in [1.54, 1.807) is 6.07 Å². The number of rotatable bonds is 5. The molecule has 41 heavy (non-hydrogen) atoms. The number of aromatic nitrogens is 2. The van der Waals surface area contributed by atoms with Crippen LogP contribution in [0.5, 0.6) is 5.75 Å². The number of likely N-dealkylation sites (tertiary alicyclic amines) is 1. The van der Waals surface area contributed by atoms with Crippen molar-refractivity contribution >= 4 is 56.7 Å². The van der Waals surface area contributed by atoms with E-state index < -0.39 is 0 Å². The first-order valence-electron chi connectivity index (χ1n) is 13.7. The summed E-state index contributed by atoms with van der Waals surface area (Å²) >= 11 is 14.5. The van der Waals surface area contributed by atoms with Crippen molar-refractivity contribution < 1.29 is 9.50 Å². The minimum atomic E-state index is -0.385. The number of para-hydroxylation sites is 2. The first-order valence-corrected chi connectivity index (χ1v) is 15.3. The van der Waals surface area contributed by atoms with Crippen molar-refractivity contribution in [3.63, 3.8) is 0 Å². The maximum absolute atomic E-state index is 13.9. The molecular weight excluding hydrogens is 580 g/mol. The molecule has 0 bridgehead atoms. The molecule has 3 heterocycles. The smallest absolute Gasteiger partial charge is 0.210 e. The quantitative estimate of drug-likeness (QED) is 0.235. The van der Waals surface area contributed by atoms with Gasteiger partial charge < -0.3 is 20.2 Å². The van der Waals surface area contributed by atoms with E-state index in [1.807, 2.05) is 30.3 Å². The van der Waals surface area contributed by atoms with Crippen LogP contribution in [0.25, 0.3) is 10.6 Å².